The van der Waals surface area contributed by atoms with E-state index >= 15 is 0 Å². The van der Waals surface area contributed by atoms with Gasteiger partial charge in [-0.1, -0.05) is 15.9 Å². The fourth-order valence-corrected chi connectivity index (χ4v) is 1.82. The summed E-state index contributed by atoms with van der Waals surface area (Å²) in [7, 11) is 0. The lowest BCUT2D eigenvalue weighted by Gasteiger charge is -2.17. The van der Waals surface area contributed by atoms with Gasteiger partial charge in [0, 0.05) is 10.9 Å². The maximum absolute atomic E-state index is 13.4. The third kappa shape index (κ3) is 5.34. The van der Waals surface area contributed by atoms with Gasteiger partial charge < -0.3 is 9.84 Å². The summed E-state index contributed by atoms with van der Waals surface area (Å²) in [5.41, 5.74) is 0.163. The number of rotatable bonds is 7. The van der Waals surface area contributed by atoms with Crippen LogP contribution >= 0.6 is 15.9 Å². The number of hydrogen-bond donors (Lipinski definition) is 1. The summed E-state index contributed by atoms with van der Waals surface area (Å²) in [6.45, 7) is -2.09. The molecule has 0 fully saturated rings. The Kier molecular flexibility index (Phi) is 6.35. The molecule has 0 saturated carbocycles. The fraction of sp³-hybridized carbons (Fsp3) is 0.500. The maximum Gasteiger partial charge on any atom is 0.330 e. The molecule has 8 heteroatoms. The van der Waals surface area contributed by atoms with Crippen molar-refractivity contribution in [1.82, 2.24) is 0 Å². The highest BCUT2D eigenvalue weighted by molar-refractivity contribution is 9.10. The second kappa shape index (κ2) is 7.33. The zero-order valence-electron chi connectivity index (χ0n) is 10.1. The SMILES string of the molecule is OC(COCC(F)(F)C(F)F)Cc1cc(Br)ccc1F. The first-order valence-corrected chi connectivity index (χ1v) is 6.37. The number of aliphatic hydroxyl groups excluding tert-OH is 1. The van der Waals surface area contributed by atoms with Crippen molar-refractivity contribution >= 4 is 15.9 Å². The summed E-state index contributed by atoms with van der Waals surface area (Å²) in [6.07, 6.45) is -5.28. The summed E-state index contributed by atoms with van der Waals surface area (Å²) in [5.74, 6) is -4.83. The first-order valence-electron chi connectivity index (χ1n) is 5.58. The Balaban J connectivity index is 2.44. The van der Waals surface area contributed by atoms with E-state index in [2.05, 4.69) is 20.7 Å². The van der Waals surface area contributed by atoms with Gasteiger partial charge in [0.1, 0.15) is 12.4 Å². The monoisotopic (exact) mass is 362 g/mol. The third-order valence-corrected chi connectivity index (χ3v) is 2.88. The number of hydrogen-bond acceptors (Lipinski definition) is 2. The molecular weight excluding hydrogens is 351 g/mol. The Hall–Kier alpha value is -0.730. The van der Waals surface area contributed by atoms with E-state index < -0.39 is 37.5 Å². The fourth-order valence-electron chi connectivity index (χ4n) is 1.41. The first kappa shape index (κ1) is 17.3. The third-order valence-electron chi connectivity index (χ3n) is 2.39. The van der Waals surface area contributed by atoms with Gasteiger partial charge in [0.25, 0.3) is 0 Å². The van der Waals surface area contributed by atoms with Gasteiger partial charge in [-0.05, 0) is 23.8 Å². The van der Waals surface area contributed by atoms with E-state index in [0.717, 1.165) is 0 Å². The van der Waals surface area contributed by atoms with E-state index in [-0.39, 0.29) is 12.0 Å². The topological polar surface area (TPSA) is 29.5 Å². The molecule has 1 rings (SSSR count). The molecule has 1 atom stereocenters. The molecule has 114 valence electrons. The summed E-state index contributed by atoms with van der Waals surface area (Å²) >= 11 is 3.12. The smallest absolute Gasteiger partial charge is 0.330 e. The average molecular weight is 363 g/mol. The Bertz CT molecular complexity index is 442. The van der Waals surface area contributed by atoms with Crippen molar-refractivity contribution in [1.29, 1.82) is 0 Å². The number of ether oxygens (including phenoxy) is 1. The number of benzene rings is 1. The molecule has 0 aliphatic heterocycles. The van der Waals surface area contributed by atoms with Crippen molar-refractivity contribution in [3.05, 3.63) is 34.1 Å². The van der Waals surface area contributed by atoms with Crippen LogP contribution in [0.5, 0.6) is 0 Å². The van der Waals surface area contributed by atoms with Gasteiger partial charge in [0.05, 0.1) is 12.7 Å². The lowest BCUT2D eigenvalue weighted by atomic mass is 10.1. The number of halogens is 6. The summed E-state index contributed by atoms with van der Waals surface area (Å²) in [5, 5.41) is 9.51. The highest BCUT2D eigenvalue weighted by Crippen LogP contribution is 2.23. The van der Waals surface area contributed by atoms with Gasteiger partial charge in [0.2, 0.25) is 0 Å². The molecule has 1 aromatic carbocycles. The molecule has 1 N–H and O–H groups in total. The molecule has 1 unspecified atom stereocenters. The highest BCUT2D eigenvalue weighted by Gasteiger charge is 2.41. The minimum Gasteiger partial charge on any atom is -0.390 e. The molecule has 2 nitrogen and oxygen atoms in total. The molecule has 0 saturated heterocycles. The van der Waals surface area contributed by atoms with E-state index in [9.17, 15) is 27.1 Å². The van der Waals surface area contributed by atoms with Crippen LogP contribution < -0.4 is 0 Å². The second-order valence-electron chi connectivity index (χ2n) is 4.17. The van der Waals surface area contributed by atoms with Crippen LogP contribution in [-0.2, 0) is 11.2 Å². The number of aliphatic hydroxyl groups is 1. The Morgan fingerprint density at radius 3 is 2.55 bits per heavy atom. The summed E-state index contributed by atoms with van der Waals surface area (Å²) in [4.78, 5) is 0. The van der Waals surface area contributed by atoms with Crippen LogP contribution in [0.15, 0.2) is 22.7 Å². The van der Waals surface area contributed by atoms with Crippen LogP contribution in [0, 0.1) is 5.82 Å². The number of alkyl halides is 4. The van der Waals surface area contributed by atoms with E-state index in [1.165, 1.54) is 18.2 Å². The van der Waals surface area contributed by atoms with E-state index in [0.29, 0.717) is 4.47 Å². The van der Waals surface area contributed by atoms with Crippen LogP contribution in [0.25, 0.3) is 0 Å². The zero-order chi connectivity index (χ0) is 15.3. The van der Waals surface area contributed by atoms with Crippen molar-refractivity contribution in [2.75, 3.05) is 13.2 Å². The molecule has 0 aliphatic rings. The van der Waals surface area contributed by atoms with Crippen molar-refractivity contribution in [3.8, 4) is 0 Å². The average Bonchev–Trinajstić information content (AvgIpc) is 2.33. The van der Waals surface area contributed by atoms with Gasteiger partial charge >= 0.3 is 12.3 Å². The molecule has 0 radical (unpaired) electrons. The van der Waals surface area contributed by atoms with Crippen molar-refractivity contribution in [2.45, 2.75) is 24.9 Å². The van der Waals surface area contributed by atoms with Crippen LogP contribution in [-0.4, -0.2) is 36.8 Å². The maximum atomic E-state index is 13.4. The summed E-state index contributed by atoms with van der Waals surface area (Å²) in [6, 6.07) is 4.06. The Morgan fingerprint density at radius 2 is 1.95 bits per heavy atom. The minimum absolute atomic E-state index is 0.163. The van der Waals surface area contributed by atoms with Crippen LogP contribution in [0.2, 0.25) is 0 Å². The molecular formula is C12H12BrF5O2. The van der Waals surface area contributed by atoms with Crippen LogP contribution in [0.1, 0.15) is 5.56 Å². The van der Waals surface area contributed by atoms with Gasteiger partial charge in [0.15, 0.2) is 0 Å². The van der Waals surface area contributed by atoms with Crippen LogP contribution in [0.4, 0.5) is 22.0 Å². The minimum atomic E-state index is -4.26. The van der Waals surface area contributed by atoms with Crippen molar-refractivity contribution in [2.24, 2.45) is 0 Å². The van der Waals surface area contributed by atoms with Crippen molar-refractivity contribution in [3.63, 3.8) is 0 Å². The van der Waals surface area contributed by atoms with Crippen LogP contribution in [0.3, 0.4) is 0 Å². The standard InChI is InChI=1S/C12H12BrF5O2/c13-8-1-2-10(14)7(3-8)4-9(19)5-20-6-12(17,18)11(15)16/h1-3,9,11,19H,4-6H2. The zero-order valence-corrected chi connectivity index (χ0v) is 11.7. The molecule has 1 aromatic rings. The van der Waals surface area contributed by atoms with Gasteiger partial charge in [-0.25, -0.2) is 13.2 Å². The Morgan fingerprint density at radius 1 is 1.30 bits per heavy atom. The highest BCUT2D eigenvalue weighted by atomic mass is 79.9. The lowest BCUT2D eigenvalue weighted by molar-refractivity contribution is -0.170. The molecule has 0 aliphatic carbocycles. The first-order chi connectivity index (χ1) is 9.22. The van der Waals surface area contributed by atoms with E-state index in [4.69, 9.17) is 0 Å². The molecule has 0 spiro atoms. The Labute approximate surface area is 120 Å². The normalized spacial score (nSPS) is 13.8. The quantitative estimate of drug-likeness (QED) is 0.753. The molecule has 0 aromatic heterocycles. The molecule has 0 heterocycles. The predicted octanol–water partition coefficient (Wildman–Crippen LogP) is 3.41. The predicted molar refractivity (Wildman–Crippen MR) is 65.6 cm³/mol. The largest absolute Gasteiger partial charge is 0.390 e. The van der Waals surface area contributed by atoms with Gasteiger partial charge in [-0.3, -0.25) is 0 Å². The second-order valence-corrected chi connectivity index (χ2v) is 5.09. The molecule has 0 amide bonds. The van der Waals surface area contributed by atoms with E-state index in [1.54, 1.807) is 0 Å². The lowest BCUT2D eigenvalue weighted by Crippen LogP contribution is -2.34. The molecule has 0 bridgehead atoms. The van der Waals surface area contributed by atoms with Crippen molar-refractivity contribution < 1.29 is 31.8 Å². The van der Waals surface area contributed by atoms with Gasteiger partial charge in [-0.15, -0.1) is 0 Å². The summed E-state index contributed by atoms with van der Waals surface area (Å²) < 4.78 is 67.0. The van der Waals surface area contributed by atoms with Gasteiger partial charge in [-0.2, -0.15) is 8.78 Å². The van der Waals surface area contributed by atoms with E-state index in [1.807, 2.05) is 0 Å². The molecule has 20 heavy (non-hydrogen) atoms.